The summed E-state index contributed by atoms with van der Waals surface area (Å²) in [5, 5.41) is 17.9. The van der Waals surface area contributed by atoms with Crippen LogP contribution in [0.25, 0.3) is 11.0 Å². The number of benzene rings is 2. The molecule has 0 radical (unpaired) electrons. The molecule has 9 nitrogen and oxygen atoms in total. The molecule has 1 aliphatic heterocycles. The first-order chi connectivity index (χ1) is 18.8. The topological polar surface area (TPSA) is 121 Å². The van der Waals surface area contributed by atoms with E-state index in [0.717, 1.165) is 5.56 Å². The molecule has 0 unspecified atom stereocenters. The zero-order valence-corrected chi connectivity index (χ0v) is 24.5. The van der Waals surface area contributed by atoms with Crippen molar-refractivity contribution in [2.75, 3.05) is 13.0 Å². The lowest BCUT2D eigenvalue weighted by molar-refractivity contribution is -0.147. The van der Waals surface area contributed by atoms with E-state index in [4.69, 9.17) is 9.15 Å². The largest absolute Gasteiger partial charge is 0.493 e. The van der Waals surface area contributed by atoms with Gasteiger partial charge < -0.3 is 29.8 Å². The Kier molecular flexibility index (Phi) is 8.51. The van der Waals surface area contributed by atoms with Gasteiger partial charge >= 0.3 is 0 Å². The number of hydrogen-bond donors (Lipinski definition) is 3. The number of carbonyl (C=O) groups excluding carboxylic acids is 3. The van der Waals surface area contributed by atoms with Crippen molar-refractivity contribution in [1.82, 2.24) is 15.5 Å². The number of nitrogens with one attached hydrogen (secondary N) is 2. The van der Waals surface area contributed by atoms with Gasteiger partial charge in [-0.15, -0.1) is 11.8 Å². The minimum absolute atomic E-state index is 0.0255. The molecule has 2 heterocycles. The van der Waals surface area contributed by atoms with Crippen LogP contribution in [-0.2, 0) is 16.0 Å². The normalized spacial score (nSPS) is 18.3. The van der Waals surface area contributed by atoms with E-state index < -0.39 is 40.3 Å². The van der Waals surface area contributed by atoms with Gasteiger partial charge in [0.25, 0.3) is 11.8 Å². The maximum absolute atomic E-state index is 13.8. The highest BCUT2D eigenvalue weighted by Gasteiger charge is 2.50. The Morgan fingerprint density at radius 1 is 1.15 bits per heavy atom. The molecule has 0 spiro atoms. The molecule has 3 N–H and O–H groups in total. The van der Waals surface area contributed by atoms with Crippen molar-refractivity contribution in [3.8, 4) is 5.75 Å². The van der Waals surface area contributed by atoms with Crippen molar-refractivity contribution in [2.24, 2.45) is 0 Å². The quantitative estimate of drug-likeness (QED) is 0.379. The third-order valence-electron chi connectivity index (χ3n) is 6.78. The lowest BCUT2D eigenvalue weighted by Gasteiger charge is -2.35. The number of rotatable bonds is 8. The molecule has 1 saturated heterocycles. The maximum Gasteiger partial charge on any atom is 0.287 e. The van der Waals surface area contributed by atoms with E-state index in [1.54, 1.807) is 24.3 Å². The fourth-order valence-electron chi connectivity index (χ4n) is 4.85. The second-order valence-corrected chi connectivity index (χ2v) is 13.1. The summed E-state index contributed by atoms with van der Waals surface area (Å²) in [4.78, 5) is 41.8. The van der Waals surface area contributed by atoms with Crippen molar-refractivity contribution in [3.05, 3.63) is 65.9 Å². The van der Waals surface area contributed by atoms with E-state index in [1.165, 1.54) is 23.8 Å². The Hall–Kier alpha value is -3.50. The Morgan fingerprint density at radius 3 is 2.50 bits per heavy atom. The number of para-hydroxylation sites is 1. The highest BCUT2D eigenvalue weighted by atomic mass is 32.2. The van der Waals surface area contributed by atoms with Gasteiger partial charge in [0.1, 0.15) is 6.04 Å². The number of aliphatic hydroxyl groups is 1. The van der Waals surface area contributed by atoms with Crippen molar-refractivity contribution >= 4 is 40.5 Å². The molecule has 214 valence electrons. The van der Waals surface area contributed by atoms with E-state index >= 15 is 0 Å². The van der Waals surface area contributed by atoms with E-state index in [0.29, 0.717) is 16.7 Å². The average Bonchev–Trinajstić information content (AvgIpc) is 3.47. The van der Waals surface area contributed by atoms with Crippen molar-refractivity contribution in [2.45, 2.75) is 69.5 Å². The van der Waals surface area contributed by atoms with Crippen molar-refractivity contribution in [1.29, 1.82) is 0 Å². The minimum atomic E-state index is -1.61. The van der Waals surface area contributed by atoms with Gasteiger partial charge in [0.15, 0.2) is 23.2 Å². The number of fused-ring (bicyclic) bond motifs is 1. The minimum Gasteiger partial charge on any atom is -0.493 e. The number of ether oxygens (including phenoxy) is 1. The van der Waals surface area contributed by atoms with Gasteiger partial charge in [-0.1, -0.05) is 42.5 Å². The molecular formula is C30H37N3O6S. The van der Waals surface area contributed by atoms with Crippen molar-refractivity contribution in [3.63, 3.8) is 0 Å². The summed E-state index contributed by atoms with van der Waals surface area (Å²) in [5.74, 6) is -0.744. The van der Waals surface area contributed by atoms with Gasteiger partial charge in [-0.2, -0.15) is 0 Å². The molecule has 1 aromatic heterocycles. The van der Waals surface area contributed by atoms with Crippen LogP contribution in [0.5, 0.6) is 5.75 Å². The molecule has 4 rings (SSSR count). The number of carbonyl (C=O) groups is 3. The molecule has 10 heteroatoms. The summed E-state index contributed by atoms with van der Waals surface area (Å²) >= 11 is 1.47. The number of furan rings is 1. The first-order valence-electron chi connectivity index (χ1n) is 13.2. The van der Waals surface area contributed by atoms with Gasteiger partial charge in [-0.05, 0) is 58.7 Å². The number of hydrogen-bond acceptors (Lipinski definition) is 7. The van der Waals surface area contributed by atoms with Crippen LogP contribution in [0.4, 0.5) is 0 Å². The highest BCUT2D eigenvalue weighted by molar-refractivity contribution is 8.00. The smallest absolute Gasteiger partial charge is 0.287 e. The molecule has 1 aliphatic rings. The summed E-state index contributed by atoms with van der Waals surface area (Å²) in [6, 6.07) is 14.4. The highest BCUT2D eigenvalue weighted by Crippen LogP contribution is 2.40. The molecule has 3 atom stereocenters. The summed E-state index contributed by atoms with van der Waals surface area (Å²) in [6.45, 7) is 9.44. The Bertz CT molecular complexity index is 1380. The SMILES string of the molecule is COc1cccc2cc(C(=O)N[C@@H](Cc3ccccc3)[C@H](O)C(=O)N3CSC(C)(C)[C@H]3C(=O)NC(C)(C)C)oc12. The summed E-state index contributed by atoms with van der Waals surface area (Å²) in [5.41, 5.74) is 0.756. The van der Waals surface area contributed by atoms with E-state index in [-0.39, 0.29) is 24.0 Å². The molecule has 1 fully saturated rings. The Labute approximate surface area is 238 Å². The van der Waals surface area contributed by atoms with E-state index in [2.05, 4.69) is 10.6 Å². The zero-order chi connectivity index (χ0) is 29.2. The van der Waals surface area contributed by atoms with Gasteiger partial charge in [0, 0.05) is 15.7 Å². The predicted molar refractivity (Wildman–Crippen MR) is 155 cm³/mol. The molecular weight excluding hydrogens is 530 g/mol. The molecule has 2 aromatic carbocycles. The average molecular weight is 568 g/mol. The maximum atomic E-state index is 13.8. The fraction of sp³-hybridized carbons (Fsp3) is 0.433. The Morgan fingerprint density at radius 2 is 1.85 bits per heavy atom. The molecule has 0 bridgehead atoms. The number of aliphatic hydroxyl groups excluding tert-OH is 1. The van der Waals surface area contributed by atoms with Crippen LogP contribution >= 0.6 is 11.8 Å². The second kappa shape index (κ2) is 11.5. The van der Waals surface area contributed by atoms with Crippen LogP contribution in [0.3, 0.4) is 0 Å². The number of methoxy groups -OCH3 is 1. The lowest BCUT2D eigenvalue weighted by atomic mass is 9.96. The monoisotopic (exact) mass is 567 g/mol. The lowest BCUT2D eigenvalue weighted by Crippen LogP contribution is -2.60. The first kappa shape index (κ1) is 29.5. The third-order valence-corrected chi connectivity index (χ3v) is 8.15. The van der Waals surface area contributed by atoms with Gasteiger partial charge in [0.05, 0.1) is 19.0 Å². The van der Waals surface area contributed by atoms with Gasteiger partial charge in [-0.25, -0.2) is 0 Å². The molecule has 0 aliphatic carbocycles. The van der Waals surface area contributed by atoms with Crippen molar-refractivity contribution < 1.29 is 28.6 Å². The van der Waals surface area contributed by atoms with Crippen LogP contribution in [-0.4, -0.2) is 69.2 Å². The first-order valence-corrected chi connectivity index (χ1v) is 14.1. The predicted octanol–water partition coefficient (Wildman–Crippen LogP) is 3.74. The second-order valence-electron chi connectivity index (χ2n) is 11.5. The number of thioether (sulfide) groups is 1. The Balaban J connectivity index is 1.61. The van der Waals surface area contributed by atoms with Crippen LogP contribution in [0.2, 0.25) is 0 Å². The van der Waals surface area contributed by atoms with E-state index in [1.807, 2.05) is 65.0 Å². The molecule has 3 amide bonds. The molecule has 40 heavy (non-hydrogen) atoms. The van der Waals surface area contributed by atoms with E-state index in [9.17, 15) is 19.5 Å². The molecule has 3 aromatic rings. The van der Waals surface area contributed by atoms with Crippen LogP contribution in [0, 0.1) is 0 Å². The van der Waals surface area contributed by atoms with Gasteiger partial charge in [0.2, 0.25) is 5.91 Å². The number of nitrogens with zero attached hydrogens (tertiary/aromatic N) is 1. The zero-order valence-electron chi connectivity index (χ0n) is 23.7. The standard InChI is InChI=1S/C30H37N3O6S/c1-29(2,3)32-27(36)25-30(4,5)40-17-33(25)28(37)23(34)20(15-18-11-8-7-9-12-18)31-26(35)22-16-19-13-10-14-21(38-6)24(19)39-22/h7-14,16,20,23,25,34H,15,17H2,1-6H3,(H,31,35)(H,32,36)/t20-,23-,25+/m0/s1. The van der Waals surface area contributed by atoms with Crippen LogP contribution in [0.15, 0.2) is 59.0 Å². The van der Waals surface area contributed by atoms with Crippen LogP contribution < -0.4 is 15.4 Å². The summed E-state index contributed by atoms with van der Waals surface area (Å²) in [6.07, 6.45) is -1.42. The number of amides is 3. The molecule has 0 saturated carbocycles. The fourth-order valence-corrected chi connectivity index (χ4v) is 5.99. The summed E-state index contributed by atoms with van der Waals surface area (Å²) < 4.78 is 10.6. The summed E-state index contributed by atoms with van der Waals surface area (Å²) in [7, 11) is 1.52. The third kappa shape index (κ3) is 6.45. The van der Waals surface area contributed by atoms with Gasteiger partial charge in [-0.3, -0.25) is 14.4 Å². The van der Waals surface area contributed by atoms with Crippen LogP contribution in [0.1, 0.15) is 50.7 Å².